The molecule has 0 aromatic heterocycles. The van der Waals surface area contributed by atoms with E-state index in [9.17, 15) is 4.79 Å². The molecule has 1 aliphatic heterocycles. The summed E-state index contributed by atoms with van der Waals surface area (Å²) < 4.78 is 0.342. The Labute approximate surface area is 115 Å². The summed E-state index contributed by atoms with van der Waals surface area (Å²) in [6.45, 7) is 4.06. The van der Waals surface area contributed by atoms with Crippen LogP contribution < -0.4 is 10.6 Å². The topological polar surface area (TPSA) is 41.1 Å². The van der Waals surface area contributed by atoms with E-state index in [1.165, 1.54) is 32.1 Å². The standard InChI is InChI=1S/C14H26N2OS/c1-3-11-5-8-15-12(9-11)13(17)16-10-14(18-2)6-4-7-14/h11-12,15H,3-10H2,1-2H3,(H,16,17). The summed E-state index contributed by atoms with van der Waals surface area (Å²) in [5.41, 5.74) is 0. The molecule has 2 atom stereocenters. The van der Waals surface area contributed by atoms with Gasteiger partial charge in [-0.2, -0.15) is 11.8 Å². The lowest BCUT2D eigenvalue weighted by atomic mass is 9.84. The fourth-order valence-corrected chi connectivity index (χ4v) is 3.88. The molecule has 0 bridgehead atoms. The van der Waals surface area contributed by atoms with E-state index in [1.807, 2.05) is 11.8 Å². The minimum Gasteiger partial charge on any atom is -0.353 e. The van der Waals surface area contributed by atoms with Crippen LogP contribution in [0.15, 0.2) is 0 Å². The van der Waals surface area contributed by atoms with Crippen LogP contribution in [0.3, 0.4) is 0 Å². The van der Waals surface area contributed by atoms with E-state index in [0.717, 1.165) is 25.4 Å². The lowest BCUT2D eigenvalue weighted by Crippen LogP contribution is -2.52. The van der Waals surface area contributed by atoms with Gasteiger partial charge >= 0.3 is 0 Å². The molecule has 0 aromatic carbocycles. The van der Waals surface area contributed by atoms with Gasteiger partial charge in [-0.3, -0.25) is 4.79 Å². The zero-order chi connectivity index (χ0) is 13.0. The normalized spacial score (nSPS) is 30.6. The van der Waals surface area contributed by atoms with Gasteiger partial charge in [-0.25, -0.2) is 0 Å². The van der Waals surface area contributed by atoms with Crippen LogP contribution in [0.2, 0.25) is 0 Å². The zero-order valence-electron chi connectivity index (χ0n) is 11.6. The molecular formula is C14H26N2OS. The van der Waals surface area contributed by atoms with Gasteiger partial charge in [0.1, 0.15) is 0 Å². The molecule has 3 nitrogen and oxygen atoms in total. The maximum Gasteiger partial charge on any atom is 0.237 e. The molecule has 1 aliphatic carbocycles. The number of hydrogen-bond donors (Lipinski definition) is 2. The smallest absolute Gasteiger partial charge is 0.237 e. The predicted octanol–water partition coefficient (Wildman–Crippen LogP) is 2.17. The van der Waals surface area contributed by atoms with Gasteiger partial charge in [0, 0.05) is 11.3 Å². The Morgan fingerprint density at radius 2 is 2.28 bits per heavy atom. The summed E-state index contributed by atoms with van der Waals surface area (Å²) >= 11 is 1.92. The van der Waals surface area contributed by atoms with Crippen LogP contribution in [0.1, 0.15) is 45.4 Å². The zero-order valence-corrected chi connectivity index (χ0v) is 12.4. The number of carbonyl (C=O) groups excluding carboxylic acids is 1. The molecule has 2 fully saturated rings. The molecule has 1 amide bonds. The molecule has 0 aromatic rings. The Balaban J connectivity index is 1.77. The summed E-state index contributed by atoms with van der Waals surface area (Å²) in [6, 6.07) is 0.0442. The molecule has 1 heterocycles. The molecule has 18 heavy (non-hydrogen) atoms. The average Bonchev–Trinajstić information content (AvgIpc) is 2.38. The lowest BCUT2D eigenvalue weighted by Gasteiger charge is -2.41. The second kappa shape index (κ2) is 6.29. The third-order valence-electron chi connectivity index (χ3n) is 4.69. The molecular weight excluding hydrogens is 244 g/mol. The first kappa shape index (κ1) is 14.2. The molecule has 4 heteroatoms. The van der Waals surface area contributed by atoms with E-state index >= 15 is 0 Å². The van der Waals surface area contributed by atoms with Gasteiger partial charge in [0.15, 0.2) is 0 Å². The van der Waals surface area contributed by atoms with Gasteiger partial charge in [-0.15, -0.1) is 0 Å². The first-order chi connectivity index (χ1) is 8.69. The van der Waals surface area contributed by atoms with E-state index < -0.39 is 0 Å². The predicted molar refractivity (Wildman–Crippen MR) is 77.9 cm³/mol. The van der Waals surface area contributed by atoms with Crippen LogP contribution in [0.4, 0.5) is 0 Å². The molecule has 104 valence electrons. The van der Waals surface area contributed by atoms with Crippen molar-refractivity contribution in [2.45, 2.75) is 56.2 Å². The Bertz CT molecular complexity index is 286. The van der Waals surface area contributed by atoms with Crippen molar-refractivity contribution in [3.8, 4) is 0 Å². The number of carbonyl (C=O) groups is 1. The van der Waals surface area contributed by atoms with E-state index in [0.29, 0.717) is 4.75 Å². The first-order valence-corrected chi connectivity index (χ1v) is 8.48. The quantitative estimate of drug-likeness (QED) is 0.804. The molecule has 1 saturated carbocycles. The van der Waals surface area contributed by atoms with E-state index in [-0.39, 0.29) is 11.9 Å². The largest absolute Gasteiger partial charge is 0.353 e. The molecule has 0 spiro atoms. The van der Waals surface area contributed by atoms with Crippen molar-refractivity contribution >= 4 is 17.7 Å². The molecule has 2 aliphatic rings. The summed E-state index contributed by atoms with van der Waals surface area (Å²) in [4.78, 5) is 12.2. The number of piperidine rings is 1. The van der Waals surface area contributed by atoms with Crippen LogP contribution in [0, 0.1) is 5.92 Å². The van der Waals surface area contributed by atoms with Gasteiger partial charge < -0.3 is 10.6 Å². The number of hydrogen-bond acceptors (Lipinski definition) is 3. The molecule has 2 rings (SSSR count). The highest BCUT2D eigenvalue weighted by Gasteiger charge is 2.37. The van der Waals surface area contributed by atoms with Gasteiger partial charge in [-0.05, 0) is 44.4 Å². The third-order valence-corrected chi connectivity index (χ3v) is 6.11. The number of rotatable bonds is 5. The summed E-state index contributed by atoms with van der Waals surface area (Å²) in [5, 5.41) is 6.52. The number of nitrogens with one attached hydrogen (secondary N) is 2. The fourth-order valence-electron chi connectivity index (χ4n) is 2.96. The van der Waals surface area contributed by atoms with Gasteiger partial charge in [-0.1, -0.05) is 19.8 Å². The van der Waals surface area contributed by atoms with Crippen molar-refractivity contribution in [1.29, 1.82) is 0 Å². The average molecular weight is 270 g/mol. The molecule has 0 radical (unpaired) electrons. The van der Waals surface area contributed by atoms with Crippen molar-refractivity contribution in [1.82, 2.24) is 10.6 Å². The van der Waals surface area contributed by atoms with Gasteiger partial charge in [0.05, 0.1) is 6.04 Å². The van der Waals surface area contributed by atoms with Crippen molar-refractivity contribution in [2.24, 2.45) is 5.92 Å². The maximum absolute atomic E-state index is 12.2. The highest BCUT2D eigenvalue weighted by Crippen LogP contribution is 2.42. The van der Waals surface area contributed by atoms with Crippen LogP contribution >= 0.6 is 11.8 Å². The minimum absolute atomic E-state index is 0.0442. The highest BCUT2D eigenvalue weighted by atomic mass is 32.2. The van der Waals surface area contributed by atoms with Crippen LogP contribution in [-0.2, 0) is 4.79 Å². The highest BCUT2D eigenvalue weighted by molar-refractivity contribution is 8.00. The minimum atomic E-state index is 0.0442. The monoisotopic (exact) mass is 270 g/mol. The SMILES string of the molecule is CCC1CCNC(C(=O)NCC2(SC)CCC2)C1. The van der Waals surface area contributed by atoms with Crippen LogP contribution in [0.25, 0.3) is 0 Å². The lowest BCUT2D eigenvalue weighted by molar-refractivity contribution is -0.124. The molecule has 1 saturated heterocycles. The van der Waals surface area contributed by atoms with Crippen molar-refractivity contribution in [2.75, 3.05) is 19.3 Å². The van der Waals surface area contributed by atoms with E-state index in [4.69, 9.17) is 0 Å². The Morgan fingerprint density at radius 1 is 1.50 bits per heavy atom. The summed E-state index contributed by atoms with van der Waals surface area (Å²) in [5.74, 6) is 0.939. The second-order valence-electron chi connectivity index (χ2n) is 5.76. The number of amides is 1. The van der Waals surface area contributed by atoms with Crippen molar-refractivity contribution < 1.29 is 4.79 Å². The third kappa shape index (κ3) is 3.21. The maximum atomic E-state index is 12.2. The Kier molecular flexibility index (Phi) is 4.96. The number of thioether (sulfide) groups is 1. The first-order valence-electron chi connectivity index (χ1n) is 7.25. The Hall–Kier alpha value is -0.220. The molecule has 2 N–H and O–H groups in total. The Morgan fingerprint density at radius 3 is 2.83 bits per heavy atom. The van der Waals surface area contributed by atoms with E-state index in [2.05, 4.69) is 23.8 Å². The van der Waals surface area contributed by atoms with Crippen LogP contribution in [-0.4, -0.2) is 36.0 Å². The van der Waals surface area contributed by atoms with Crippen molar-refractivity contribution in [3.63, 3.8) is 0 Å². The van der Waals surface area contributed by atoms with Gasteiger partial charge in [0.25, 0.3) is 0 Å². The van der Waals surface area contributed by atoms with Crippen LogP contribution in [0.5, 0.6) is 0 Å². The molecule has 2 unspecified atom stereocenters. The summed E-state index contributed by atoms with van der Waals surface area (Å²) in [7, 11) is 0. The van der Waals surface area contributed by atoms with Crippen molar-refractivity contribution in [3.05, 3.63) is 0 Å². The second-order valence-corrected chi connectivity index (χ2v) is 7.04. The van der Waals surface area contributed by atoms with Gasteiger partial charge in [0.2, 0.25) is 5.91 Å². The summed E-state index contributed by atoms with van der Waals surface area (Å²) in [6.07, 6.45) is 9.41. The fraction of sp³-hybridized carbons (Fsp3) is 0.929. The van der Waals surface area contributed by atoms with E-state index in [1.54, 1.807) is 0 Å².